The summed E-state index contributed by atoms with van der Waals surface area (Å²) >= 11 is 0. The number of methoxy groups -OCH3 is 1. The van der Waals surface area contributed by atoms with E-state index in [0.29, 0.717) is 0 Å². The molecule has 3 aliphatic rings. The van der Waals surface area contributed by atoms with Gasteiger partial charge in [-0.15, -0.1) is 0 Å². The fourth-order valence-electron chi connectivity index (χ4n) is 5.54. The molecule has 0 radical (unpaired) electrons. The van der Waals surface area contributed by atoms with Gasteiger partial charge in [0, 0.05) is 7.11 Å². The minimum absolute atomic E-state index is 0.0127. The average molecular weight is 686 g/mol. The lowest BCUT2D eigenvalue weighted by Gasteiger charge is -2.28. The van der Waals surface area contributed by atoms with Crippen LogP contribution in [0.15, 0.2) is 23.8 Å². The first-order chi connectivity index (χ1) is 21.9. The van der Waals surface area contributed by atoms with Crippen molar-refractivity contribution in [1.29, 1.82) is 0 Å². The summed E-state index contributed by atoms with van der Waals surface area (Å²) in [7, 11) is -8.75. The quantitative estimate of drug-likeness (QED) is 0.179. The van der Waals surface area contributed by atoms with Crippen LogP contribution < -0.4 is 11.3 Å². The number of alkyl halides is 1. The molecule has 0 aromatic carbocycles. The number of fused-ring (bicyclic) bond motifs is 5. The number of phosphoric acid groups is 1. The maximum Gasteiger partial charge on any atom is 0.472 e. The Hall–Kier alpha value is -3.17. The van der Waals surface area contributed by atoms with Crippen LogP contribution in [0.4, 0.5) is 10.2 Å². The number of aryl methyl sites for hydroxylation is 1. The highest BCUT2D eigenvalue weighted by Gasteiger charge is 2.54. The summed E-state index contributed by atoms with van der Waals surface area (Å²) in [6.07, 6.45) is -7.30. The number of nitrogens with zero attached hydrogens (tertiary/aromatic N) is 7. The molecule has 248 valence electrons. The molecule has 7 rings (SSSR count). The number of halogens is 1. The molecule has 3 aliphatic heterocycles. The van der Waals surface area contributed by atoms with Crippen LogP contribution >= 0.6 is 15.3 Å². The van der Waals surface area contributed by atoms with Crippen LogP contribution in [0.3, 0.4) is 0 Å². The molecule has 46 heavy (non-hydrogen) atoms. The van der Waals surface area contributed by atoms with Gasteiger partial charge < -0.3 is 43.4 Å². The third-order valence-electron chi connectivity index (χ3n) is 7.52. The van der Waals surface area contributed by atoms with E-state index in [1.54, 1.807) is 6.92 Å². The van der Waals surface area contributed by atoms with E-state index in [9.17, 15) is 18.8 Å². The summed E-state index contributed by atoms with van der Waals surface area (Å²) in [6, 6.07) is 0. The van der Waals surface area contributed by atoms with Crippen molar-refractivity contribution >= 4 is 51.0 Å². The molecular weight excluding hydrogens is 658 g/mol. The van der Waals surface area contributed by atoms with Crippen LogP contribution in [0, 0.1) is 6.92 Å². The van der Waals surface area contributed by atoms with Crippen molar-refractivity contribution in [3.8, 4) is 0 Å². The highest BCUT2D eigenvalue weighted by Crippen LogP contribution is 2.54. The first kappa shape index (κ1) is 31.4. The van der Waals surface area contributed by atoms with Gasteiger partial charge in [0.2, 0.25) is 0 Å². The van der Waals surface area contributed by atoms with Gasteiger partial charge in [0.15, 0.2) is 41.3 Å². The van der Waals surface area contributed by atoms with E-state index in [0.717, 1.165) is 0 Å². The van der Waals surface area contributed by atoms with Crippen molar-refractivity contribution in [3.05, 3.63) is 35.2 Å². The topological polar surface area (TPSA) is 252 Å². The number of aromatic amines is 1. The summed E-state index contributed by atoms with van der Waals surface area (Å²) in [4.78, 5) is 46.5. The number of H-pyrrole nitrogens is 1. The Morgan fingerprint density at radius 3 is 2.48 bits per heavy atom. The van der Waals surface area contributed by atoms with E-state index in [-0.39, 0.29) is 40.6 Å². The summed E-state index contributed by atoms with van der Waals surface area (Å²) in [5.41, 5.74) is 5.81. The number of hydrogen-bond acceptors (Lipinski definition) is 16. The zero-order valence-corrected chi connectivity index (χ0v) is 25.1. The molecular formula is C22H28BFN9O11P2-. The third kappa shape index (κ3) is 5.47. The summed E-state index contributed by atoms with van der Waals surface area (Å²) in [5.74, 6) is 0.343. The Balaban J connectivity index is 1.22. The van der Waals surface area contributed by atoms with E-state index in [1.807, 2.05) is 0 Å². The molecule has 9 unspecified atom stereocenters. The molecule has 0 aliphatic carbocycles. The molecule has 0 amide bonds. The Morgan fingerprint density at radius 1 is 1.02 bits per heavy atom. The van der Waals surface area contributed by atoms with Crippen LogP contribution in [-0.4, -0.2) is 109 Å². The molecule has 0 spiro atoms. The molecule has 0 saturated carbocycles. The predicted octanol–water partition coefficient (Wildman–Crippen LogP) is -0.611. The Kier molecular flexibility index (Phi) is 7.87. The van der Waals surface area contributed by atoms with Crippen molar-refractivity contribution in [3.63, 3.8) is 0 Å². The predicted molar refractivity (Wildman–Crippen MR) is 155 cm³/mol. The van der Waals surface area contributed by atoms with Crippen LogP contribution in [0.25, 0.3) is 22.3 Å². The number of phosphoric ester groups is 1. The number of aromatic nitrogens is 8. The largest absolute Gasteiger partial charge is 0.472 e. The first-order valence-electron chi connectivity index (χ1n) is 13.3. The Labute approximate surface area is 258 Å². The summed E-state index contributed by atoms with van der Waals surface area (Å²) in [6.45, 7) is 0.467. The summed E-state index contributed by atoms with van der Waals surface area (Å²) < 4.78 is 85.9. The van der Waals surface area contributed by atoms with Crippen molar-refractivity contribution in [2.45, 2.75) is 56.1 Å². The number of nitrogen functional groups attached to an aromatic ring is 1. The number of nitrogens with two attached hydrogens (primary N) is 1. The third-order valence-corrected chi connectivity index (χ3v) is 9.28. The van der Waals surface area contributed by atoms with Gasteiger partial charge in [-0.25, -0.2) is 33.9 Å². The highest BCUT2D eigenvalue weighted by atomic mass is 31.2. The molecule has 24 heteroatoms. The van der Waals surface area contributed by atoms with Gasteiger partial charge in [-0.1, -0.05) is 0 Å². The van der Waals surface area contributed by atoms with Gasteiger partial charge in [0.25, 0.3) is 5.56 Å². The van der Waals surface area contributed by atoms with Crippen molar-refractivity contribution in [1.82, 2.24) is 39.0 Å². The minimum atomic E-state index is -4.98. The number of nitrogens with one attached hydrogen (secondary N) is 1. The maximum absolute atomic E-state index is 16.1. The van der Waals surface area contributed by atoms with E-state index in [1.165, 1.54) is 35.2 Å². The SMILES string of the molecule is [BH3-][P@]1(=O)OCC2OC(n3cnc4c(=O)[nH]c(C)nc43)C(OP(=O)(O)OCC3OC(n4cnc5c(N)ncnc54)C(F)C3O1)C2OC. The molecule has 20 nitrogen and oxygen atoms in total. The molecule has 4 aromatic heterocycles. The fraction of sp³-hybridized carbons (Fsp3) is 0.545. The molecule has 7 heterocycles. The van der Waals surface area contributed by atoms with Crippen LogP contribution in [0.2, 0.25) is 0 Å². The fourth-order valence-corrected chi connectivity index (χ4v) is 7.24. The van der Waals surface area contributed by atoms with Gasteiger partial charge in [-0.05, 0) is 6.92 Å². The molecule has 3 saturated heterocycles. The normalized spacial score (nSPS) is 37.2. The monoisotopic (exact) mass is 686 g/mol. The van der Waals surface area contributed by atoms with Gasteiger partial charge in [-0.3, -0.25) is 23.0 Å². The van der Waals surface area contributed by atoms with Gasteiger partial charge >= 0.3 is 7.82 Å². The second-order valence-corrected chi connectivity index (χ2v) is 12.6. The zero-order chi connectivity index (χ0) is 32.5. The van der Waals surface area contributed by atoms with E-state index in [4.69, 9.17) is 38.0 Å². The second-order valence-electron chi connectivity index (χ2n) is 10.3. The molecule has 2 bridgehead atoms. The molecule has 3 fully saturated rings. The molecule has 4 N–H and O–H groups in total. The lowest BCUT2D eigenvalue weighted by molar-refractivity contribution is -0.0630. The van der Waals surface area contributed by atoms with Crippen molar-refractivity contribution in [2.75, 3.05) is 26.1 Å². The van der Waals surface area contributed by atoms with Crippen molar-refractivity contribution in [2.24, 2.45) is 0 Å². The number of ether oxygens (including phenoxy) is 3. The lowest BCUT2D eigenvalue weighted by atomic mass is 10.1. The van der Waals surface area contributed by atoms with Crippen LogP contribution in [0.1, 0.15) is 18.3 Å². The average Bonchev–Trinajstić information content (AvgIpc) is 3.75. The number of anilines is 1. The number of imidazole rings is 2. The Bertz CT molecular complexity index is 1960. The van der Waals surface area contributed by atoms with Gasteiger partial charge in [-0.2, -0.15) is 0 Å². The van der Waals surface area contributed by atoms with Crippen LogP contribution in [0.5, 0.6) is 0 Å². The van der Waals surface area contributed by atoms with Gasteiger partial charge in [0.05, 0.1) is 33.4 Å². The summed E-state index contributed by atoms with van der Waals surface area (Å²) in [5, 5.41) is 0. The van der Waals surface area contributed by atoms with Crippen LogP contribution in [-0.2, 0) is 41.4 Å². The van der Waals surface area contributed by atoms with E-state index in [2.05, 4.69) is 29.9 Å². The zero-order valence-electron chi connectivity index (χ0n) is 23.3. The highest BCUT2D eigenvalue weighted by molar-refractivity contribution is 7.79. The first-order valence-corrected chi connectivity index (χ1v) is 15.9. The standard InChI is InChI=1S/C22H28BFN9O11P2/c1-8-30-19-13(20(34)31-8)29-7-33(19)22-16-15(38-2)10(42-22)3-39-45(23,35)43-14-9(4-40-46(36,37)44-16)41-21(11(14)24)32-6-28-12-17(25)26-5-27-18(12)32/h5-7,9-11,14-16,21-22H,3-4H2,1-2,23H3,(H,36,37)(H2,25,26,27)(H,30,31,34)/q-1/t9?,10?,11?,14?,15?,16?,21?,22?,45-/m0/s1. The number of hydrogen-bond donors (Lipinski definition) is 3. The van der Waals surface area contributed by atoms with E-state index < -0.39 is 84.2 Å². The van der Waals surface area contributed by atoms with Crippen molar-refractivity contribution < 1.29 is 50.7 Å². The number of rotatable bonds is 3. The lowest BCUT2D eigenvalue weighted by Crippen LogP contribution is -2.37. The van der Waals surface area contributed by atoms with Gasteiger partial charge in [0.1, 0.15) is 55.7 Å². The molecule has 4 aromatic rings. The second kappa shape index (κ2) is 11.5. The molecule has 10 atom stereocenters. The maximum atomic E-state index is 16.1. The van der Waals surface area contributed by atoms with E-state index >= 15 is 4.39 Å². The Morgan fingerprint density at radius 2 is 1.72 bits per heavy atom. The smallest absolute Gasteiger partial charge is 0.382 e. The minimum Gasteiger partial charge on any atom is -0.382 e.